The Morgan fingerprint density at radius 1 is 1.50 bits per heavy atom. The average Bonchev–Trinajstić information content (AvgIpc) is 2.64. The quantitative estimate of drug-likeness (QED) is 0.608. The van der Waals surface area contributed by atoms with Crippen LogP contribution in [0.2, 0.25) is 0 Å². The Bertz CT molecular complexity index is 114. The van der Waals surface area contributed by atoms with E-state index >= 15 is 0 Å². The fraction of sp³-hybridized carbons (Fsp3) is 1.00. The maximum absolute atomic E-state index is 12.1. The minimum absolute atomic E-state index is 0.0749. The van der Waals surface area contributed by atoms with E-state index in [1.54, 1.807) is 0 Å². The van der Waals surface area contributed by atoms with Crippen molar-refractivity contribution in [2.45, 2.75) is 24.8 Å². The molecule has 1 rings (SSSR count). The monoisotopic (exact) mass is 151 g/mol. The van der Waals surface area contributed by atoms with Gasteiger partial charge in [0, 0.05) is 6.54 Å². The number of β-amino-alcohol motifs (C(OH)–C–C–N with tert-alkyl or cyclic N) is 1. The molecule has 0 radical (unpaired) electrons. The van der Waals surface area contributed by atoms with Gasteiger partial charge >= 0.3 is 0 Å². The van der Waals surface area contributed by atoms with Gasteiger partial charge < -0.3 is 10.4 Å². The Labute approximate surface area is 58.2 Å². The highest BCUT2D eigenvalue weighted by molar-refractivity contribution is 5.03. The number of halogens is 2. The molecule has 0 aromatic rings. The van der Waals surface area contributed by atoms with Crippen molar-refractivity contribution in [2.75, 3.05) is 13.2 Å². The average molecular weight is 151 g/mol. The molecule has 0 amide bonds. The summed E-state index contributed by atoms with van der Waals surface area (Å²) in [6, 6.07) is 0. The van der Waals surface area contributed by atoms with Crippen molar-refractivity contribution >= 4 is 0 Å². The minimum Gasteiger partial charge on any atom is -0.395 e. The molecule has 2 N–H and O–H groups in total. The molecule has 0 aromatic heterocycles. The first-order chi connectivity index (χ1) is 4.71. The third-order valence-electron chi connectivity index (χ3n) is 1.80. The van der Waals surface area contributed by atoms with Crippen LogP contribution in [0.4, 0.5) is 8.78 Å². The Kier molecular flexibility index (Phi) is 2.21. The van der Waals surface area contributed by atoms with E-state index in [-0.39, 0.29) is 13.2 Å². The van der Waals surface area contributed by atoms with Crippen LogP contribution in [0.15, 0.2) is 0 Å². The van der Waals surface area contributed by atoms with Gasteiger partial charge in [0.25, 0.3) is 6.43 Å². The normalized spacial score (nSPS) is 21.6. The fourth-order valence-electron chi connectivity index (χ4n) is 0.912. The Hall–Kier alpha value is -0.220. The van der Waals surface area contributed by atoms with Crippen molar-refractivity contribution in [2.24, 2.45) is 0 Å². The lowest BCUT2D eigenvalue weighted by atomic mass is 10.3. The molecule has 0 bridgehead atoms. The topological polar surface area (TPSA) is 32.3 Å². The SMILES string of the molecule is OCCNC1(C(F)F)CC1. The number of nitrogens with one attached hydrogen (secondary N) is 1. The van der Waals surface area contributed by atoms with Crippen molar-refractivity contribution in [3.05, 3.63) is 0 Å². The predicted molar refractivity (Wildman–Crippen MR) is 33.1 cm³/mol. The van der Waals surface area contributed by atoms with Crippen molar-refractivity contribution in [3.63, 3.8) is 0 Å². The molecular formula is C6H11F2NO. The lowest BCUT2D eigenvalue weighted by Gasteiger charge is -2.14. The van der Waals surface area contributed by atoms with E-state index in [9.17, 15) is 8.78 Å². The number of rotatable bonds is 4. The number of aliphatic hydroxyl groups is 1. The second kappa shape index (κ2) is 2.80. The zero-order chi connectivity index (χ0) is 7.61. The number of alkyl halides is 2. The van der Waals surface area contributed by atoms with Gasteiger partial charge in [0.15, 0.2) is 0 Å². The summed E-state index contributed by atoms with van der Waals surface area (Å²) in [5.74, 6) is 0. The summed E-state index contributed by atoms with van der Waals surface area (Å²) in [5.41, 5.74) is -0.942. The summed E-state index contributed by atoms with van der Waals surface area (Å²) in [6.07, 6.45) is -1.23. The molecule has 1 aliphatic rings. The highest BCUT2D eigenvalue weighted by atomic mass is 19.3. The molecule has 0 aromatic carbocycles. The van der Waals surface area contributed by atoms with Crippen molar-refractivity contribution in [3.8, 4) is 0 Å². The zero-order valence-electron chi connectivity index (χ0n) is 5.61. The molecule has 1 fully saturated rings. The molecule has 0 saturated heterocycles. The molecule has 0 atom stereocenters. The summed E-state index contributed by atoms with van der Waals surface area (Å²) in [6.45, 7) is 0.193. The first kappa shape index (κ1) is 7.88. The molecule has 0 aliphatic heterocycles. The van der Waals surface area contributed by atoms with Crippen molar-refractivity contribution in [1.82, 2.24) is 5.32 Å². The molecular weight excluding hydrogens is 140 g/mol. The smallest absolute Gasteiger partial charge is 0.256 e. The molecule has 4 heteroatoms. The Morgan fingerprint density at radius 2 is 2.10 bits per heavy atom. The second-order valence-electron chi connectivity index (χ2n) is 2.61. The summed E-state index contributed by atoms with van der Waals surface area (Å²) in [5, 5.41) is 11.0. The third kappa shape index (κ3) is 1.44. The van der Waals surface area contributed by atoms with Crippen molar-refractivity contribution in [1.29, 1.82) is 0 Å². The van der Waals surface area contributed by atoms with Gasteiger partial charge in [-0.05, 0) is 12.8 Å². The summed E-state index contributed by atoms with van der Waals surface area (Å²) < 4.78 is 24.1. The van der Waals surface area contributed by atoms with Gasteiger partial charge in [-0.2, -0.15) is 0 Å². The van der Waals surface area contributed by atoms with Crippen LogP contribution in [0.25, 0.3) is 0 Å². The van der Waals surface area contributed by atoms with Gasteiger partial charge in [0.05, 0.1) is 12.1 Å². The van der Waals surface area contributed by atoms with Gasteiger partial charge in [-0.1, -0.05) is 0 Å². The molecule has 60 valence electrons. The van der Waals surface area contributed by atoms with Crippen LogP contribution in [-0.2, 0) is 0 Å². The lowest BCUT2D eigenvalue weighted by Crippen LogP contribution is -2.39. The third-order valence-corrected chi connectivity index (χ3v) is 1.80. The summed E-state index contributed by atoms with van der Waals surface area (Å²) in [4.78, 5) is 0. The van der Waals surface area contributed by atoms with Gasteiger partial charge in [-0.15, -0.1) is 0 Å². The van der Waals surface area contributed by atoms with Crippen LogP contribution in [0, 0.1) is 0 Å². The standard InChI is InChI=1S/C6H11F2NO/c7-5(8)6(1-2-6)9-3-4-10/h5,9-10H,1-4H2. The highest BCUT2D eigenvalue weighted by Gasteiger charge is 2.50. The molecule has 1 aliphatic carbocycles. The molecule has 0 heterocycles. The Morgan fingerprint density at radius 3 is 2.40 bits per heavy atom. The molecule has 1 saturated carbocycles. The van der Waals surface area contributed by atoms with E-state index in [2.05, 4.69) is 5.32 Å². The maximum atomic E-state index is 12.1. The van der Waals surface area contributed by atoms with E-state index in [1.807, 2.05) is 0 Å². The first-order valence-electron chi connectivity index (χ1n) is 3.35. The van der Waals surface area contributed by atoms with E-state index in [0.717, 1.165) is 0 Å². The predicted octanol–water partition coefficient (Wildman–Crippen LogP) is 0.366. The number of hydrogen-bond acceptors (Lipinski definition) is 2. The summed E-state index contributed by atoms with van der Waals surface area (Å²) >= 11 is 0. The van der Waals surface area contributed by atoms with Crippen LogP contribution >= 0.6 is 0 Å². The van der Waals surface area contributed by atoms with Crippen LogP contribution in [0.5, 0.6) is 0 Å². The first-order valence-corrected chi connectivity index (χ1v) is 3.35. The van der Waals surface area contributed by atoms with E-state index in [4.69, 9.17) is 5.11 Å². The highest BCUT2D eigenvalue weighted by Crippen LogP contribution is 2.40. The van der Waals surface area contributed by atoms with Gasteiger partial charge in [-0.25, -0.2) is 8.78 Å². The molecule has 10 heavy (non-hydrogen) atoms. The Balaban J connectivity index is 2.24. The minimum atomic E-state index is -2.29. The van der Waals surface area contributed by atoms with Gasteiger partial charge in [0.2, 0.25) is 0 Å². The zero-order valence-corrected chi connectivity index (χ0v) is 5.61. The van der Waals surface area contributed by atoms with Crippen LogP contribution < -0.4 is 5.32 Å². The van der Waals surface area contributed by atoms with Crippen LogP contribution in [-0.4, -0.2) is 30.2 Å². The lowest BCUT2D eigenvalue weighted by molar-refractivity contribution is 0.0828. The fourth-order valence-corrected chi connectivity index (χ4v) is 0.912. The van der Waals surface area contributed by atoms with E-state index in [1.165, 1.54) is 0 Å². The molecule has 0 spiro atoms. The maximum Gasteiger partial charge on any atom is 0.256 e. The largest absolute Gasteiger partial charge is 0.395 e. The number of aliphatic hydroxyl groups excluding tert-OH is 1. The molecule has 0 unspecified atom stereocenters. The van der Waals surface area contributed by atoms with E-state index < -0.39 is 12.0 Å². The van der Waals surface area contributed by atoms with Crippen LogP contribution in [0.1, 0.15) is 12.8 Å². The molecule has 2 nitrogen and oxygen atoms in total. The van der Waals surface area contributed by atoms with Crippen molar-refractivity contribution < 1.29 is 13.9 Å². The van der Waals surface area contributed by atoms with Crippen LogP contribution in [0.3, 0.4) is 0 Å². The van der Waals surface area contributed by atoms with E-state index in [0.29, 0.717) is 12.8 Å². The summed E-state index contributed by atoms with van der Waals surface area (Å²) in [7, 11) is 0. The second-order valence-corrected chi connectivity index (χ2v) is 2.61. The van der Waals surface area contributed by atoms with Gasteiger partial charge in [0.1, 0.15) is 0 Å². The number of hydrogen-bond donors (Lipinski definition) is 2. The van der Waals surface area contributed by atoms with Gasteiger partial charge in [-0.3, -0.25) is 0 Å².